The predicted molar refractivity (Wildman–Crippen MR) is 100 cm³/mol. The Morgan fingerprint density at radius 3 is 2.41 bits per heavy atom. The molecule has 0 saturated carbocycles. The molecule has 0 radical (unpaired) electrons. The van der Waals surface area contributed by atoms with Gasteiger partial charge in [-0.15, -0.1) is 0 Å². The Hall–Kier alpha value is -2.87. The molecule has 2 aromatic carbocycles. The second kappa shape index (κ2) is 8.68. The molecule has 0 bridgehead atoms. The van der Waals surface area contributed by atoms with Gasteiger partial charge in [-0.3, -0.25) is 0 Å². The molecule has 0 aliphatic heterocycles. The van der Waals surface area contributed by atoms with Crippen LogP contribution >= 0.6 is 0 Å². The molecule has 0 atom stereocenters. The van der Waals surface area contributed by atoms with Crippen molar-refractivity contribution in [3.63, 3.8) is 0 Å². The summed E-state index contributed by atoms with van der Waals surface area (Å²) < 4.78 is 30.1. The minimum absolute atomic E-state index is 0.188. The molecule has 0 amide bonds. The van der Waals surface area contributed by atoms with Gasteiger partial charge in [0.15, 0.2) is 0 Å². The molecular formula is C19H21N2O5S-. The quantitative estimate of drug-likeness (QED) is 0.544. The first-order chi connectivity index (χ1) is 12.7. The van der Waals surface area contributed by atoms with Crippen molar-refractivity contribution in [2.75, 3.05) is 6.61 Å². The number of nitrogens with zero attached hydrogens (tertiary/aromatic N) is 1. The number of carboxylic acid groups (broad SMARTS) is 1. The number of benzene rings is 2. The summed E-state index contributed by atoms with van der Waals surface area (Å²) in [5, 5.41) is 14.5. The number of carbonyl (C=O) groups is 1. The zero-order valence-electron chi connectivity index (χ0n) is 15.4. The maximum absolute atomic E-state index is 12.6. The fraction of sp³-hybridized carbons (Fsp3) is 0.263. The average molecular weight is 389 g/mol. The highest BCUT2D eigenvalue weighted by molar-refractivity contribution is 7.89. The maximum atomic E-state index is 12.6. The largest absolute Gasteiger partial charge is 0.546 e. The fourth-order valence-electron chi connectivity index (χ4n) is 2.39. The summed E-state index contributed by atoms with van der Waals surface area (Å²) in [6.45, 7) is 4.86. The van der Waals surface area contributed by atoms with E-state index in [9.17, 15) is 18.3 Å². The number of carboxylic acids is 1. The maximum Gasteiger partial charge on any atom is 0.276 e. The molecule has 0 fully saturated rings. The van der Waals surface area contributed by atoms with E-state index in [1.54, 1.807) is 43.3 Å². The molecule has 8 heteroatoms. The fourth-order valence-corrected chi connectivity index (χ4v) is 3.56. The molecule has 0 saturated heterocycles. The number of carbonyl (C=O) groups excluding carboxylic acids is 1. The van der Waals surface area contributed by atoms with Gasteiger partial charge < -0.3 is 14.6 Å². The van der Waals surface area contributed by atoms with Gasteiger partial charge in [-0.25, -0.2) is 0 Å². The Morgan fingerprint density at radius 2 is 1.81 bits per heavy atom. The van der Waals surface area contributed by atoms with Gasteiger partial charge in [-0.05, 0) is 67.3 Å². The van der Waals surface area contributed by atoms with Crippen LogP contribution in [0.1, 0.15) is 30.0 Å². The number of hydrogen-bond acceptors (Lipinski definition) is 6. The second-order valence-electron chi connectivity index (χ2n) is 5.96. The van der Waals surface area contributed by atoms with Gasteiger partial charge in [0, 0.05) is 0 Å². The molecule has 7 nitrogen and oxygen atoms in total. The van der Waals surface area contributed by atoms with Crippen molar-refractivity contribution in [3.8, 4) is 5.75 Å². The number of aliphatic carboxylic acids is 1. The number of rotatable bonds is 8. The van der Waals surface area contributed by atoms with Crippen LogP contribution in [0.5, 0.6) is 5.75 Å². The third-order valence-electron chi connectivity index (χ3n) is 3.81. The Morgan fingerprint density at radius 1 is 1.15 bits per heavy atom. The summed E-state index contributed by atoms with van der Waals surface area (Å²) >= 11 is 0. The van der Waals surface area contributed by atoms with E-state index in [0.29, 0.717) is 29.0 Å². The van der Waals surface area contributed by atoms with E-state index in [2.05, 4.69) is 9.93 Å². The van der Waals surface area contributed by atoms with Crippen LogP contribution in [0.25, 0.3) is 0 Å². The summed E-state index contributed by atoms with van der Waals surface area (Å²) in [5.74, 6) is -0.940. The lowest BCUT2D eigenvalue weighted by Crippen LogP contribution is -2.28. The highest BCUT2D eigenvalue weighted by Crippen LogP contribution is 2.17. The van der Waals surface area contributed by atoms with E-state index in [1.807, 2.05) is 19.9 Å². The lowest BCUT2D eigenvalue weighted by molar-refractivity contribution is -0.307. The second-order valence-corrected chi connectivity index (χ2v) is 7.59. The van der Waals surface area contributed by atoms with Crippen molar-refractivity contribution in [2.45, 2.75) is 32.1 Å². The van der Waals surface area contributed by atoms with Gasteiger partial charge in [0.2, 0.25) is 0 Å². The van der Waals surface area contributed by atoms with Crippen LogP contribution in [0.15, 0.2) is 52.5 Å². The monoisotopic (exact) mass is 389 g/mol. The number of hydrazone groups is 1. The summed E-state index contributed by atoms with van der Waals surface area (Å²) in [7, 11) is -3.79. The SMILES string of the molecule is CC/C(=N/NS(=O)(=O)c1cc(C)ccc1C)c1ccc(OCC(=O)[O-])cc1. The van der Waals surface area contributed by atoms with Crippen LogP contribution in [-0.2, 0) is 14.8 Å². The Kier molecular flexibility index (Phi) is 6.57. The molecule has 27 heavy (non-hydrogen) atoms. The number of sulfonamides is 1. The standard InChI is InChI=1S/C19H22N2O5S/c1-4-17(15-7-9-16(10-8-15)26-12-19(22)23)20-21-27(24,25)18-11-13(2)5-6-14(18)3/h5-11,21H,4,12H2,1-3H3,(H,22,23)/p-1/b20-17-. The normalized spacial score (nSPS) is 11.9. The lowest BCUT2D eigenvalue weighted by Gasteiger charge is -2.11. The number of ether oxygens (including phenoxy) is 1. The molecule has 0 spiro atoms. The van der Waals surface area contributed by atoms with Gasteiger partial charge >= 0.3 is 0 Å². The Labute approximate surface area is 158 Å². The molecule has 0 unspecified atom stereocenters. The summed E-state index contributed by atoms with van der Waals surface area (Å²) in [4.78, 5) is 12.9. The first-order valence-corrected chi connectivity index (χ1v) is 9.80. The van der Waals surface area contributed by atoms with Crippen molar-refractivity contribution in [2.24, 2.45) is 5.10 Å². The first kappa shape index (κ1) is 20.4. The number of hydrogen-bond donors (Lipinski definition) is 1. The highest BCUT2D eigenvalue weighted by atomic mass is 32.2. The van der Waals surface area contributed by atoms with Gasteiger partial charge in [-0.2, -0.15) is 18.4 Å². The van der Waals surface area contributed by atoms with E-state index in [1.165, 1.54) is 0 Å². The third kappa shape index (κ3) is 5.55. The Balaban J connectivity index is 2.20. The van der Waals surface area contributed by atoms with E-state index in [0.717, 1.165) is 5.56 Å². The summed E-state index contributed by atoms with van der Waals surface area (Å²) in [6, 6.07) is 11.7. The lowest BCUT2D eigenvalue weighted by atomic mass is 10.1. The predicted octanol–water partition coefficient (Wildman–Crippen LogP) is 1.52. The van der Waals surface area contributed by atoms with Crippen molar-refractivity contribution in [3.05, 3.63) is 59.2 Å². The van der Waals surface area contributed by atoms with Gasteiger partial charge in [-0.1, -0.05) is 19.1 Å². The molecule has 144 valence electrons. The van der Waals surface area contributed by atoms with Crippen LogP contribution in [0, 0.1) is 13.8 Å². The van der Waals surface area contributed by atoms with Gasteiger partial charge in [0.25, 0.3) is 10.0 Å². The Bertz CT molecular complexity index is 951. The van der Waals surface area contributed by atoms with Crippen LogP contribution in [-0.4, -0.2) is 26.7 Å². The minimum atomic E-state index is -3.79. The smallest absolute Gasteiger partial charge is 0.276 e. The van der Waals surface area contributed by atoms with Gasteiger partial charge in [0.1, 0.15) is 12.4 Å². The van der Waals surface area contributed by atoms with E-state index >= 15 is 0 Å². The van der Waals surface area contributed by atoms with Crippen molar-refractivity contribution in [1.82, 2.24) is 4.83 Å². The zero-order valence-corrected chi connectivity index (χ0v) is 16.2. The molecular weight excluding hydrogens is 368 g/mol. The number of aryl methyl sites for hydroxylation is 2. The summed E-state index contributed by atoms with van der Waals surface area (Å²) in [5.41, 5.74) is 2.71. The van der Waals surface area contributed by atoms with Crippen molar-refractivity contribution >= 4 is 21.7 Å². The first-order valence-electron chi connectivity index (χ1n) is 8.31. The number of nitrogens with one attached hydrogen (secondary N) is 1. The molecule has 0 aromatic heterocycles. The molecule has 2 aromatic rings. The molecule has 2 rings (SSSR count). The highest BCUT2D eigenvalue weighted by Gasteiger charge is 2.16. The van der Waals surface area contributed by atoms with E-state index in [-0.39, 0.29) is 4.90 Å². The van der Waals surface area contributed by atoms with Crippen LogP contribution in [0.4, 0.5) is 0 Å². The third-order valence-corrected chi connectivity index (χ3v) is 5.16. The topological polar surface area (TPSA) is 108 Å². The van der Waals surface area contributed by atoms with Crippen LogP contribution in [0.3, 0.4) is 0 Å². The van der Waals surface area contributed by atoms with E-state index < -0.39 is 22.6 Å². The van der Waals surface area contributed by atoms with E-state index in [4.69, 9.17) is 4.74 Å². The minimum Gasteiger partial charge on any atom is -0.546 e. The molecule has 1 N–H and O–H groups in total. The van der Waals surface area contributed by atoms with Crippen LogP contribution < -0.4 is 14.7 Å². The van der Waals surface area contributed by atoms with Crippen molar-refractivity contribution in [1.29, 1.82) is 0 Å². The zero-order chi connectivity index (χ0) is 20.0. The molecule has 0 aliphatic rings. The van der Waals surface area contributed by atoms with Crippen LogP contribution in [0.2, 0.25) is 0 Å². The van der Waals surface area contributed by atoms with Gasteiger partial charge in [0.05, 0.1) is 16.6 Å². The average Bonchev–Trinajstić information content (AvgIpc) is 2.63. The summed E-state index contributed by atoms with van der Waals surface area (Å²) in [6.07, 6.45) is 0.495. The molecule has 0 heterocycles. The van der Waals surface area contributed by atoms with Crippen molar-refractivity contribution < 1.29 is 23.1 Å². The molecule has 0 aliphatic carbocycles.